The molecule has 0 aliphatic carbocycles. The normalized spacial score (nSPS) is 11.7. The number of carbonyl (C=O) groups excluding carboxylic acids is 1. The topological polar surface area (TPSA) is 67.7 Å². The molecule has 0 fully saturated rings. The van der Waals surface area contributed by atoms with Gasteiger partial charge in [0, 0.05) is 16.8 Å². The summed E-state index contributed by atoms with van der Waals surface area (Å²) in [5, 5.41) is 9.17. The van der Waals surface area contributed by atoms with Gasteiger partial charge in [-0.05, 0) is 61.4 Å². The molecule has 0 spiro atoms. The van der Waals surface area contributed by atoms with Crippen LogP contribution in [0.3, 0.4) is 0 Å². The highest BCUT2D eigenvalue weighted by molar-refractivity contribution is 7.13. The Labute approximate surface area is 175 Å². The fraction of sp³-hybridized carbons (Fsp3) is 0.273. The minimum atomic E-state index is -0.0311. The predicted molar refractivity (Wildman–Crippen MR) is 118 cm³/mol. The number of methoxy groups -OCH3 is 1. The number of benzene rings is 2. The molecule has 29 heavy (non-hydrogen) atoms. The van der Waals surface area contributed by atoms with Gasteiger partial charge in [-0.3, -0.25) is 4.79 Å². The molecule has 1 heterocycles. The number of anilines is 3. The summed E-state index contributed by atoms with van der Waals surface area (Å²) in [7, 11) is 3.61. The van der Waals surface area contributed by atoms with E-state index in [0.29, 0.717) is 13.1 Å². The molecule has 2 aromatic carbocycles. The number of hydrogen-bond donors (Lipinski definition) is 3. The van der Waals surface area contributed by atoms with Gasteiger partial charge in [-0.15, -0.1) is 11.3 Å². The fourth-order valence-corrected chi connectivity index (χ4v) is 3.64. The average Bonchev–Trinajstić information content (AvgIpc) is 3.11. The lowest BCUT2D eigenvalue weighted by Crippen LogP contribution is -3.08. The molecule has 6 nitrogen and oxygen atoms in total. The molecule has 0 aliphatic rings. The Morgan fingerprint density at radius 1 is 1.10 bits per heavy atom. The number of rotatable bonds is 8. The van der Waals surface area contributed by atoms with Crippen LogP contribution in [0, 0.1) is 13.8 Å². The van der Waals surface area contributed by atoms with E-state index in [1.807, 2.05) is 36.7 Å². The maximum atomic E-state index is 12.3. The van der Waals surface area contributed by atoms with E-state index in [2.05, 4.69) is 47.7 Å². The van der Waals surface area contributed by atoms with Crippen LogP contribution >= 0.6 is 11.3 Å². The van der Waals surface area contributed by atoms with E-state index in [0.717, 1.165) is 32.8 Å². The number of aryl methyl sites for hydroxylation is 2. The van der Waals surface area contributed by atoms with Crippen molar-refractivity contribution in [1.29, 1.82) is 0 Å². The SMILES string of the molecule is COc1ccc(NC(=O)C[NH+](C)Cc2csc(Nc3ccc(C)c(C)c3)n2)cc1. The molecule has 1 unspecified atom stereocenters. The standard InChI is InChI=1S/C22H26N4O2S/c1-15-5-6-18(11-16(15)2)24-22-25-19(14-29-22)12-26(3)13-21(27)23-17-7-9-20(28-4)10-8-17/h5-11,14H,12-13H2,1-4H3,(H,23,27)(H,24,25)/p+1. The van der Waals surface area contributed by atoms with Crippen molar-refractivity contribution in [2.75, 3.05) is 31.3 Å². The van der Waals surface area contributed by atoms with E-state index in [1.54, 1.807) is 18.4 Å². The summed E-state index contributed by atoms with van der Waals surface area (Å²) in [6.07, 6.45) is 0. The Kier molecular flexibility index (Phi) is 6.85. The second kappa shape index (κ2) is 9.54. The molecule has 3 N–H and O–H groups in total. The van der Waals surface area contributed by atoms with Crippen molar-refractivity contribution in [1.82, 2.24) is 4.98 Å². The zero-order chi connectivity index (χ0) is 20.8. The molecule has 0 saturated carbocycles. The van der Waals surface area contributed by atoms with Crippen molar-refractivity contribution in [2.24, 2.45) is 0 Å². The van der Waals surface area contributed by atoms with E-state index in [9.17, 15) is 4.79 Å². The number of nitrogens with one attached hydrogen (secondary N) is 3. The lowest BCUT2D eigenvalue weighted by Gasteiger charge is -2.12. The molecule has 0 bridgehead atoms. The van der Waals surface area contributed by atoms with Crippen molar-refractivity contribution in [2.45, 2.75) is 20.4 Å². The van der Waals surface area contributed by atoms with Gasteiger partial charge in [0.25, 0.3) is 5.91 Å². The first-order valence-corrected chi connectivity index (χ1v) is 10.3. The minimum absolute atomic E-state index is 0.0311. The second-order valence-corrected chi connectivity index (χ2v) is 8.01. The summed E-state index contributed by atoms with van der Waals surface area (Å²) in [5.74, 6) is 0.732. The molecule has 0 saturated heterocycles. The number of likely N-dealkylation sites (N-methyl/N-ethyl adjacent to an activating group) is 1. The van der Waals surface area contributed by atoms with Crippen molar-refractivity contribution in [3.05, 3.63) is 64.7 Å². The average molecular weight is 412 g/mol. The lowest BCUT2D eigenvalue weighted by atomic mass is 10.1. The summed E-state index contributed by atoms with van der Waals surface area (Å²) in [6.45, 7) is 5.25. The van der Waals surface area contributed by atoms with E-state index in [1.165, 1.54) is 11.1 Å². The number of thiazole rings is 1. The molecule has 7 heteroatoms. The van der Waals surface area contributed by atoms with Crippen LogP contribution in [-0.2, 0) is 11.3 Å². The lowest BCUT2D eigenvalue weighted by molar-refractivity contribution is -0.885. The second-order valence-electron chi connectivity index (χ2n) is 7.16. The van der Waals surface area contributed by atoms with Crippen molar-refractivity contribution in [3.63, 3.8) is 0 Å². The first kappa shape index (κ1) is 20.8. The molecule has 0 radical (unpaired) electrons. The van der Waals surface area contributed by atoms with Gasteiger partial charge in [-0.1, -0.05) is 6.07 Å². The zero-order valence-corrected chi connectivity index (χ0v) is 18.0. The third kappa shape index (κ3) is 6.04. The van der Waals surface area contributed by atoms with E-state index in [-0.39, 0.29) is 5.91 Å². The molecule has 3 rings (SSSR count). The summed E-state index contributed by atoms with van der Waals surface area (Å²) >= 11 is 1.57. The van der Waals surface area contributed by atoms with Gasteiger partial charge >= 0.3 is 0 Å². The van der Waals surface area contributed by atoms with Gasteiger partial charge in [0.2, 0.25) is 0 Å². The summed E-state index contributed by atoms with van der Waals surface area (Å²) in [4.78, 5) is 18.0. The maximum Gasteiger partial charge on any atom is 0.279 e. The van der Waals surface area contributed by atoms with Gasteiger partial charge in [-0.2, -0.15) is 0 Å². The maximum absolute atomic E-state index is 12.3. The summed E-state index contributed by atoms with van der Waals surface area (Å²) in [6, 6.07) is 13.6. The van der Waals surface area contributed by atoms with Crippen LogP contribution in [0.2, 0.25) is 0 Å². The van der Waals surface area contributed by atoms with Crippen molar-refractivity contribution < 1.29 is 14.4 Å². The zero-order valence-electron chi connectivity index (χ0n) is 17.2. The molecular formula is C22H27N4O2S+. The van der Waals surface area contributed by atoms with Gasteiger partial charge in [0.15, 0.2) is 11.7 Å². The molecule has 0 aliphatic heterocycles. The number of carbonyl (C=O) groups is 1. The van der Waals surface area contributed by atoms with E-state index < -0.39 is 0 Å². The first-order chi connectivity index (χ1) is 13.9. The number of amides is 1. The Morgan fingerprint density at radius 2 is 1.83 bits per heavy atom. The third-order valence-corrected chi connectivity index (χ3v) is 5.44. The van der Waals surface area contributed by atoms with Gasteiger partial charge in [0.1, 0.15) is 18.0 Å². The summed E-state index contributed by atoms with van der Waals surface area (Å²) < 4.78 is 5.13. The highest BCUT2D eigenvalue weighted by Crippen LogP contribution is 2.22. The number of quaternary nitrogens is 1. The number of ether oxygens (including phenoxy) is 1. The van der Waals surface area contributed by atoms with Gasteiger partial charge in [0.05, 0.1) is 14.2 Å². The molecule has 1 aromatic heterocycles. The van der Waals surface area contributed by atoms with Crippen LogP contribution in [0.15, 0.2) is 47.8 Å². The van der Waals surface area contributed by atoms with Crippen LogP contribution < -0.4 is 20.3 Å². The Balaban J connectivity index is 1.50. The number of nitrogens with zero attached hydrogens (tertiary/aromatic N) is 1. The highest BCUT2D eigenvalue weighted by atomic mass is 32.1. The summed E-state index contributed by atoms with van der Waals surface area (Å²) in [5.41, 5.74) is 5.29. The molecule has 1 atom stereocenters. The third-order valence-electron chi connectivity index (χ3n) is 4.63. The Morgan fingerprint density at radius 3 is 2.52 bits per heavy atom. The van der Waals surface area contributed by atoms with E-state index >= 15 is 0 Å². The van der Waals surface area contributed by atoms with Crippen LogP contribution in [0.1, 0.15) is 16.8 Å². The predicted octanol–water partition coefficient (Wildman–Crippen LogP) is 3.17. The van der Waals surface area contributed by atoms with Gasteiger partial charge in [-0.25, -0.2) is 4.98 Å². The number of hydrogen-bond acceptors (Lipinski definition) is 5. The molecule has 3 aromatic rings. The smallest absolute Gasteiger partial charge is 0.279 e. The quantitative estimate of drug-likeness (QED) is 0.533. The van der Waals surface area contributed by atoms with Crippen LogP contribution in [0.5, 0.6) is 5.75 Å². The van der Waals surface area contributed by atoms with Gasteiger partial charge < -0.3 is 20.3 Å². The van der Waals surface area contributed by atoms with Crippen molar-refractivity contribution in [3.8, 4) is 5.75 Å². The monoisotopic (exact) mass is 411 g/mol. The van der Waals surface area contributed by atoms with Crippen LogP contribution in [-0.4, -0.2) is 31.6 Å². The molecule has 152 valence electrons. The number of aromatic nitrogens is 1. The Bertz CT molecular complexity index is 969. The van der Waals surface area contributed by atoms with E-state index in [4.69, 9.17) is 4.74 Å². The first-order valence-electron chi connectivity index (χ1n) is 9.47. The molecular weight excluding hydrogens is 384 g/mol. The molecule has 1 amide bonds. The fourth-order valence-electron chi connectivity index (χ4n) is 2.91. The van der Waals surface area contributed by atoms with Crippen LogP contribution in [0.4, 0.5) is 16.5 Å². The van der Waals surface area contributed by atoms with Crippen molar-refractivity contribution >= 4 is 33.8 Å². The largest absolute Gasteiger partial charge is 0.497 e. The minimum Gasteiger partial charge on any atom is -0.497 e. The Hall–Kier alpha value is -2.90. The van der Waals surface area contributed by atoms with Crippen LogP contribution in [0.25, 0.3) is 0 Å². The highest BCUT2D eigenvalue weighted by Gasteiger charge is 2.13.